The first-order valence-electron chi connectivity index (χ1n) is 7.88. The lowest BCUT2D eigenvalue weighted by molar-refractivity contribution is 0.495. The van der Waals surface area contributed by atoms with Gasteiger partial charge in [0.05, 0.1) is 4.90 Å². The number of nitrogens with zero attached hydrogens (tertiary/aromatic N) is 1. The zero-order chi connectivity index (χ0) is 15.3. The van der Waals surface area contributed by atoms with Crippen LogP contribution in [0.25, 0.3) is 0 Å². The van der Waals surface area contributed by atoms with Crippen molar-refractivity contribution in [1.82, 2.24) is 14.6 Å². The molecule has 0 bridgehead atoms. The Hall–Kier alpha value is -0.850. The molecule has 0 atom stereocenters. The number of hydrogen-bond acceptors (Lipinski definition) is 3. The molecule has 1 saturated carbocycles. The van der Waals surface area contributed by atoms with Gasteiger partial charge in [-0.25, -0.2) is 13.1 Å². The summed E-state index contributed by atoms with van der Waals surface area (Å²) in [7, 11) is -1.50. The van der Waals surface area contributed by atoms with Crippen molar-refractivity contribution >= 4 is 10.0 Å². The molecule has 0 saturated heterocycles. The maximum Gasteiger partial charge on any atom is 0.242 e. The second kappa shape index (κ2) is 7.42. The highest BCUT2D eigenvalue weighted by Crippen LogP contribution is 2.27. The standard InChI is InChI=1S/C15H27N3O2S/c1-3-16-11-14-10-15(12-18(14)2)21(19,20)17-9-8-13-6-4-5-7-13/h10,12-13,16-17H,3-9,11H2,1-2H3. The number of aryl methyl sites for hydroxylation is 1. The number of hydrogen-bond donors (Lipinski definition) is 2. The maximum atomic E-state index is 12.3. The number of sulfonamides is 1. The van der Waals surface area contributed by atoms with Gasteiger partial charge in [-0.15, -0.1) is 0 Å². The summed E-state index contributed by atoms with van der Waals surface area (Å²) in [5.74, 6) is 0.702. The summed E-state index contributed by atoms with van der Waals surface area (Å²) in [6.07, 6.45) is 7.73. The molecule has 2 rings (SSSR count). The SMILES string of the molecule is CCNCc1cc(S(=O)(=O)NCCC2CCCC2)cn1C. The molecule has 0 aliphatic heterocycles. The number of rotatable bonds is 8. The normalized spacial score (nSPS) is 16.7. The monoisotopic (exact) mass is 313 g/mol. The van der Waals surface area contributed by atoms with E-state index in [1.54, 1.807) is 12.3 Å². The molecule has 1 aromatic heterocycles. The van der Waals surface area contributed by atoms with Gasteiger partial charge in [-0.05, 0) is 24.9 Å². The van der Waals surface area contributed by atoms with Crippen LogP contribution in [0.15, 0.2) is 17.2 Å². The molecule has 5 nitrogen and oxygen atoms in total. The molecule has 21 heavy (non-hydrogen) atoms. The molecule has 2 N–H and O–H groups in total. The van der Waals surface area contributed by atoms with Crippen molar-refractivity contribution in [1.29, 1.82) is 0 Å². The Morgan fingerprint density at radius 1 is 1.33 bits per heavy atom. The van der Waals surface area contributed by atoms with E-state index in [-0.39, 0.29) is 0 Å². The lowest BCUT2D eigenvalue weighted by Crippen LogP contribution is -2.25. The van der Waals surface area contributed by atoms with E-state index < -0.39 is 10.0 Å². The number of aromatic nitrogens is 1. The molecule has 1 heterocycles. The molecule has 120 valence electrons. The molecule has 0 amide bonds. The summed E-state index contributed by atoms with van der Waals surface area (Å²) in [6.45, 7) is 4.13. The first-order chi connectivity index (χ1) is 10.0. The topological polar surface area (TPSA) is 63.1 Å². The minimum atomic E-state index is -3.38. The van der Waals surface area contributed by atoms with Crippen molar-refractivity contribution in [2.45, 2.75) is 50.5 Å². The molecule has 1 aliphatic carbocycles. The molecule has 0 unspecified atom stereocenters. The third-order valence-electron chi connectivity index (χ3n) is 4.27. The van der Waals surface area contributed by atoms with Crippen molar-refractivity contribution in [3.63, 3.8) is 0 Å². The highest BCUT2D eigenvalue weighted by Gasteiger charge is 2.19. The summed E-state index contributed by atoms with van der Waals surface area (Å²) in [5, 5.41) is 3.21. The van der Waals surface area contributed by atoms with E-state index in [4.69, 9.17) is 0 Å². The summed E-state index contributed by atoms with van der Waals surface area (Å²) in [6, 6.07) is 1.75. The largest absolute Gasteiger partial charge is 0.352 e. The van der Waals surface area contributed by atoms with Crippen LogP contribution in [0.4, 0.5) is 0 Å². The summed E-state index contributed by atoms with van der Waals surface area (Å²) >= 11 is 0. The second-order valence-corrected chi connectivity index (χ2v) is 7.66. The molecule has 1 aliphatic rings. The van der Waals surface area contributed by atoms with E-state index in [9.17, 15) is 8.42 Å². The van der Waals surface area contributed by atoms with Crippen LogP contribution in [-0.4, -0.2) is 26.1 Å². The van der Waals surface area contributed by atoms with Gasteiger partial charge < -0.3 is 9.88 Å². The second-order valence-electron chi connectivity index (χ2n) is 5.90. The zero-order valence-electron chi connectivity index (χ0n) is 13.1. The Kier molecular flexibility index (Phi) is 5.84. The fourth-order valence-electron chi connectivity index (χ4n) is 2.93. The van der Waals surface area contributed by atoms with Crippen molar-refractivity contribution in [2.24, 2.45) is 13.0 Å². The van der Waals surface area contributed by atoms with E-state index in [0.717, 1.165) is 18.7 Å². The molecule has 0 aromatic carbocycles. The van der Waals surface area contributed by atoms with Crippen LogP contribution in [0.1, 0.15) is 44.7 Å². The van der Waals surface area contributed by atoms with Crippen molar-refractivity contribution in [3.05, 3.63) is 18.0 Å². The average Bonchev–Trinajstić information content (AvgIpc) is 3.06. The number of nitrogens with one attached hydrogen (secondary N) is 2. The molecule has 1 aromatic rings. The van der Waals surface area contributed by atoms with Crippen LogP contribution >= 0.6 is 0 Å². The maximum absolute atomic E-state index is 12.3. The molecule has 0 radical (unpaired) electrons. The predicted molar refractivity (Wildman–Crippen MR) is 84.6 cm³/mol. The van der Waals surface area contributed by atoms with E-state index in [1.807, 2.05) is 18.5 Å². The Balaban J connectivity index is 1.91. The lowest BCUT2D eigenvalue weighted by Gasteiger charge is -2.09. The van der Waals surface area contributed by atoms with Crippen LogP contribution in [0.5, 0.6) is 0 Å². The third kappa shape index (κ3) is 4.56. The van der Waals surface area contributed by atoms with Gasteiger partial charge in [-0.1, -0.05) is 32.6 Å². The van der Waals surface area contributed by atoms with Crippen LogP contribution in [-0.2, 0) is 23.6 Å². The summed E-state index contributed by atoms with van der Waals surface area (Å²) in [5.41, 5.74) is 0.980. The minimum absolute atomic E-state index is 0.365. The quantitative estimate of drug-likeness (QED) is 0.771. The Labute approximate surface area is 128 Å². The van der Waals surface area contributed by atoms with Crippen molar-refractivity contribution in [2.75, 3.05) is 13.1 Å². The summed E-state index contributed by atoms with van der Waals surface area (Å²) < 4.78 is 29.2. The van der Waals surface area contributed by atoms with Gasteiger partial charge >= 0.3 is 0 Å². The van der Waals surface area contributed by atoms with Crippen LogP contribution < -0.4 is 10.0 Å². The first-order valence-corrected chi connectivity index (χ1v) is 9.37. The van der Waals surface area contributed by atoms with Crippen LogP contribution in [0.2, 0.25) is 0 Å². The molecule has 1 fully saturated rings. The van der Waals surface area contributed by atoms with Gasteiger partial charge in [-0.3, -0.25) is 0 Å². The van der Waals surface area contributed by atoms with E-state index >= 15 is 0 Å². The van der Waals surface area contributed by atoms with Crippen molar-refractivity contribution in [3.8, 4) is 0 Å². The van der Waals surface area contributed by atoms with Gasteiger partial charge in [0.25, 0.3) is 0 Å². The van der Waals surface area contributed by atoms with Crippen molar-refractivity contribution < 1.29 is 8.42 Å². The van der Waals surface area contributed by atoms with Gasteiger partial charge in [-0.2, -0.15) is 0 Å². The first kappa shape index (κ1) is 16.5. The van der Waals surface area contributed by atoms with Gasteiger partial charge in [0.15, 0.2) is 0 Å². The third-order valence-corrected chi connectivity index (χ3v) is 5.70. The highest BCUT2D eigenvalue weighted by atomic mass is 32.2. The van der Waals surface area contributed by atoms with Gasteiger partial charge in [0.1, 0.15) is 0 Å². The Morgan fingerprint density at radius 2 is 2.05 bits per heavy atom. The van der Waals surface area contributed by atoms with Gasteiger partial charge in [0.2, 0.25) is 10.0 Å². The van der Waals surface area contributed by atoms with Crippen LogP contribution in [0, 0.1) is 5.92 Å². The van der Waals surface area contributed by atoms with E-state index in [1.165, 1.54) is 25.7 Å². The molecule has 6 heteroatoms. The van der Waals surface area contributed by atoms with Crippen LogP contribution in [0.3, 0.4) is 0 Å². The fraction of sp³-hybridized carbons (Fsp3) is 0.733. The predicted octanol–water partition coefficient (Wildman–Crippen LogP) is 1.99. The Morgan fingerprint density at radius 3 is 2.71 bits per heavy atom. The minimum Gasteiger partial charge on any atom is -0.352 e. The van der Waals surface area contributed by atoms with E-state index in [0.29, 0.717) is 23.9 Å². The molecular formula is C15H27N3O2S. The molecule has 0 spiro atoms. The Bertz CT molecular complexity index is 545. The summed E-state index contributed by atoms with van der Waals surface area (Å²) in [4.78, 5) is 0.365. The van der Waals surface area contributed by atoms with E-state index in [2.05, 4.69) is 10.0 Å². The lowest BCUT2D eigenvalue weighted by atomic mass is 10.1. The highest BCUT2D eigenvalue weighted by molar-refractivity contribution is 7.89. The average molecular weight is 313 g/mol. The smallest absolute Gasteiger partial charge is 0.242 e. The fourth-order valence-corrected chi connectivity index (χ4v) is 4.07. The molecular weight excluding hydrogens is 286 g/mol. The van der Waals surface area contributed by atoms with Gasteiger partial charge in [0, 0.05) is 32.0 Å². The zero-order valence-corrected chi connectivity index (χ0v) is 13.9.